The molecule has 4 aromatic rings. The molecule has 0 heterocycles. The predicted molar refractivity (Wildman–Crippen MR) is 119 cm³/mol. The first-order chi connectivity index (χ1) is 14.6. The molecule has 0 bridgehead atoms. The average molecular weight is 402 g/mol. The molecule has 0 amide bonds. The second kappa shape index (κ2) is 9.19. The van der Waals surface area contributed by atoms with Gasteiger partial charge in [0.25, 0.3) is 0 Å². The van der Waals surface area contributed by atoms with Crippen molar-refractivity contribution in [3.8, 4) is 11.1 Å². The molecule has 0 saturated carbocycles. The number of aryl methyl sites for hydroxylation is 2. The van der Waals surface area contributed by atoms with Gasteiger partial charge in [0.2, 0.25) is 0 Å². The molecule has 0 N–H and O–H groups in total. The number of halogens is 2. The SMILES string of the molecule is COCCc1ccc(-c2ccc3c(F)c(CCc4ccc(F)cc4)ccc3c2)cc1. The van der Waals surface area contributed by atoms with Crippen LogP contribution < -0.4 is 0 Å². The van der Waals surface area contributed by atoms with Crippen LogP contribution in [0, 0.1) is 11.6 Å². The molecule has 4 rings (SSSR count). The van der Waals surface area contributed by atoms with Crippen LogP contribution in [0.3, 0.4) is 0 Å². The van der Waals surface area contributed by atoms with Gasteiger partial charge in [0.05, 0.1) is 6.61 Å². The molecule has 0 radical (unpaired) electrons. The number of benzene rings is 4. The minimum absolute atomic E-state index is 0.170. The van der Waals surface area contributed by atoms with Gasteiger partial charge < -0.3 is 4.74 Å². The lowest BCUT2D eigenvalue weighted by molar-refractivity contribution is 0.202. The van der Waals surface area contributed by atoms with E-state index in [0.29, 0.717) is 30.4 Å². The van der Waals surface area contributed by atoms with E-state index in [4.69, 9.17) is 4.74 Å². The van der Waals surface area contributed by atoms with Gasteiger partial charge in [-0.25, -0.2) is 8.78 Å². The van der Waals surface area contributed by atoms with Crippen LogP contribution in [0.5, 0.6) is 0 Å². The molecule has 0 aliphatic carbocycles. The second-order valence-electron chi connectivity index (χ2n) is 7.54. The average Bonchev–Trinajstić information content (AvgIpc) is 2.78. The lowest BCUT2D eigenvalue weighted by Gasteiger charge is -2.10. The maximum Gasteiger partial charge on any atom is 0.134 e. The molecular weight excluding hydrogens is 378 g/mol. The van der Waals surface area contributed by atoms with Gasteiger partial charge in [-0.1, -0.05) is 60.7 Å². The van der Waals surface area contributed by atoms with E-state index in [2.05, 4.69) is 24.3 Å². The zero-order valence-corrected chi connectivity index (χ0v) is 17.0. The van der Waals surface area contributed by atoms with Crippen molar-refractivity contribution < 1.29 is 13.5 Å². The van der Waals surface area contributed by atoms with Crippen LogP contribution in [-0.2, 0) is 24.0 Å². The number of fused-ring (bicyclic) bond motifs is 1. The Balaban J connectivity index is 1.54. The quantitative estimate of drug-likeness (QED) is 0.332. The minimum Gasteiger partial charge on any atom is -0.384 e. The Morgan fingerprint density at radius 1 is 0.667 bits per heavy atom. The highest BCUT2D eigenvalue weighted by Crippen LogP contribution is 2.28. The standard InChI is InChI=1S/C27H24F2O/c1-30-17-16-20-2-7-21(8-3-20)23-12-15-26-24(18-23)11-10-22(27(26)29)9-4-19-5-13-25(28)14-6-19/h2-3,5-8,10-15,18H,4,9,16-17H2,1H3. The molecule has 0 unspecified atom stereocenters. The van der Waals surface area contributed by atoms with E-state index in [1.54, 1.807) is 19.2 Å². The van der Waals surface area contributed by atoms with Crippen molar-refractivity contribution in [2.45, 2.75) is 19.3 Å². The molecule has 0 aromatic heterocycles. The fraction of sp³-hybridized carbons (Fsp3) is 0.185. The summed E-state index contributed by atoms with van der Waals surface area (Å²) in [5.41, 5.74) is 5.10. The Bertz CT molecular complexity index is 1130. The van der Waals surface area contributed by atoms with Crippen LogP contribution >= 0.6 is 0 Å². The van der Waals surface area contributed by atoms with E-state index < -0.39 is 0 Å². The topological polar surface area (TPSA) is 9.23 Å². The Hall–Kier alpha value is -3.04. The summed E-state index contributed by atoms with van der Waals surface area (Å²) in [6.45, 7) is 0.706. The van der Waals surface area contributed by atoms with Crippen LogP contribution in [0.15, 0.2) is 78.9 Å². The smallest absolute Gasteiger partial charge is 0.134 e. The fourth-order valence-electron chi connectivity index (χ4n) is 3.72. The van der Waals surface area contributed by atoms with Gasteiger partial charge >= 0.3 is 0 Å². The zero-order valence-electron chi connectivity index (χ0n) is 17.0. The van der Waals surface area contributed by atoms with E-state index in [1.165, 1.54) is 17.7 Å². The molecule has 0 atom stereocenters. The first-order valence-electron chi connectivity index (χ1n) is 10.2. The van der Waals surface area contributed by atoms with Gasteiger partial charge in [0, 0.05) is 12.5 Å². The van der Waals surface area contributed by atoms with E-state index in [9.17, 15) is 4.39 Å². The predicted octanol–water partition coefficient (Wildman–Crippen LogP) is 6.76. The van der Waals surface area contributed by atoms with Gasteiger partial charge in [0.15, 0.2) is 0 Å². The van der Waals surface area contributed by atoms with Gasteiger partial charge in [0.1, 0.15) is 11.6 Å². The Kier molecular flexibility index (Phi) is 6.20. The van der Waals surface area contributed by atoms with Crippen molar-refractivity contribution in [1.29, 1.82) is 0 Å². The fourth-order valence-corrected chi connectivity index (χ4v) is 3.72. The normalized spacial score (nSPS) is 11.2. The van der Waals surface area contributed by atoms with Gasteiger partial charge in [-0.15, -0.1) is 0 Å². The van der Waals surface area contributed by atoms with Crippen LogP contribution in [0.2, 0.25) is 0 Å². The van der Waals surface area contributed by atoms with Gasteiger partial charge in [-0.2, -0.15) is 0 Å². The first kappa shape index (κ1) is 20.2. The summed E-state index contributed by atoms with van der Waals surface area (Å²) in [6.07, 6.45) is 2.15. The summed E-state index contributed by atoms with van der Waals surface area (Å²) in [5.74, 6) is -0.424. The summed E-state index contributed by atoms with van der Waals surface area (Å²) in [7, 11) is 1.71. The van der Waals surface area contributed by atoms with Crippen LogP contribution in [0.25, 0.3) is 21.9 Å². The molecule has 0 fully saturated rings. The number of ether oxygens (including phenoxy) is 1. The maximum atomic E-state index is 15.1. The third-order valence-electron chi connectivity index (χ3n) is 5.51. The third-order valence-corrected chi connectivity index (χ3v) is 5.51. The van der Waals surface area contributed by atoms with Crippen LogP contribution in [0.4, 0.5) is 8.78 Å². The van der Waals surface area contributed by atoms with E-state index in [1.807, 2.05) is 30.3 Å². The van der Waals surface area contributed by atoms with E-state index in [-0.39, 0.29) is 11.6 Å². The van der Waals surface area contributed by atoms with Crippen molar-refractivity contribution >= 4 is 10.8 Å². The molecule has 30 heavy (non-hydrogen) atoms. The number of methoxy groups -OCH3 is 1. The van der Waals surface area contributed by atoms with Crippen molar-refractivity contribution in [1.82, 2.24) is 0 Å². The molecular formula is C27H24F2O. The molecule has 152 valence electrons. The van der Waals surface area contributed by atoms with E-state index in [0.717, 1.165) is 28.5 Å². The highest BCUT2D eigenvalue weighted by molar-refractivity contribution is 5.88. The number of rotatable bonds is 7. The summed E-state index contributed by atoms with van der Waals surface area (Å²) in [6, 6.07) is 24.5. The Morgan fingerprint density at radius 3 is 2.07 bits per heavy atom. The van der Waals surface area contributed by atoms with Gasteiger partial charge in [-0.05, 0) is 70.7 Å². The van der Waals surface area contributed by atoms with E-state index >= 15 is 4.39 Å². The van der Waals surface area contributed by atoms with Crippen molar-refractivity contribution in [3.05, 3.63) is 107 Å². The molecule has 0 aliphatic rings. The summed E-state index contributed by atoms with van der Waals surface area (Å²) in [4.78, 5) is 0. The molecule has 0 saturated heterocycles. The molecule has 1 nitrogen and oxygen atoms in total. The third kappa shape index (κ3) is 4.58. The number of hydrogen-bond acceptors (Lipinski definition) is 1. The first-order valence-corrected chi connectivity index (χ1v) is 10.2. The maximum absolute atomic E-state index is 15.1. The molecule has 0 spiro atoms. The minimum atomic E-state index is -0.254. The number of hydrogen-bond donors (Lipinski definition) is 0. The van der Waals surface area contributed by atoms with Crippen molar-refractivity contribution in [2.24, 2.45) is 0 Å². The second-order valence-corrected chi connectivity index (χ2v) is 7.54. The summed E-state index contributed by atoms with van der Waals surface area (Å²) >= 11 is 0. The Morgan fingerprint density at radius 2 is 1.33 bits per heavy atom. The summed E-state index contributed by atoms with van der Waals surface area (Å²) in [5, 5.41) is 1.52. The zero-order chi connectivity index (χ0) is 20.9. The Labute approximate surface area is 175 Å². The van der Waals surface area contributed by atoms with Crippen molar-refractivity contribution in [2.75, 3.05) is 13.7 Å². The molecule has 0 aliphatic heterocycles. The van der Waals surface area contributed by atoms with Crippen LogP contribution in [-0.4, -0.2) is 13.7 Å². The lowest BCUT2D eigenvalue weighted by Crippen LogP contribution is -1.96. The highest BCUT2D eigenvalue weighted by atomic mass is 19.1. The molecule has 4 aromatic carbocycles. The van der Waals surface area contributed by atoms with Crippen LogP contribution in [0.1, 0.15) is 16.7 Å². The summed E-state index contributed by atoms with van der Waals surface area (Å²) < 4.78 is 33.2. The molecule has 3 heteroatoms. The monoisotopic (exact) mass is 402 g/mol. The largest absolute Gasteiger partial charge is 0.384 e. The van der Waals surface area contributed by atoms with Crippen molar-refractivity contribution in [3.63, 3.8) is 0 Å². The highest BCUT2D eigenvalue weighted by Gasteiger charge is 2.09. The lowest BCUT2D eigenvalue weighted by atomic mass is 9.96. The van der Waals surface area contributed by atoms with Gasteiger partial charge in [-0.3, -0.25) is 0 Å².